The number of thiazole rings is 1. The van der Waals surface area contributed by atoms with Crippen LogP contribution in [0, 0.1) is 0 Å². The van der Waals surface area contributed by atoms with Gasteiger partial charge in [0.25, 0.3) is 0 Å². The highest BCUT2D eigenvalue weighted by Crippen LogP contribution is 2.33. The quantitative estimate of drug-likeness (QED) is 0.614. The summed E-state index contributed by atoms with van der Waals surface area (Å²) in [5.41, 5.74) is 14.0. The van der Waals surface area contributed by atoms with Crippen LogP contribution in [0.2, 0.25) is 0 Å². The van der Waals surface area contributed by atoms with Gasteiger partial charge in [0.1, 0.15) is 0 Å². The first-order chi connectivity index (χ1) is 6.68. The van der Waals surface area contributed by atoms with E-state index >= 15 is 0 Å². The fourth-order valence-corrected chi connectivity index (χ4v) is 2.47. The minimum Gasteiger partial charge on any atom is -0.370 e. The molecule has 0 aliphatic heterocycles. The van der Waals surface area contributed by atoms with Gasteiger partial charge in [0.05, 0.1) is 25.9 Å². The summed E-state index contributed by atoms with van der Waals surface area (Å²) >= 11 is 4.99. The van der Waals surface area contributed by atoms with Crippen LogP contribution in [0.15, 0.2) is 27.1 Å². The van der Waals surface area contributed by atoms with Gasteiger partial charge in [0.2, 0.25) is 0 Å². The van der Waals surface area contributed by atoms with E-state index in [4.69, 9.17) is 11.5 Å². The number of nitrogens with two attached hydrogens (primary N) is 2. The van der Waals surface area contributed by atoms with Gasteiger partial charge in [-0.1, -0.05) is 0 Å². The van der Waals surface area contributed by atoms with Crippen LogP contribution in [0.4, 0.5) is 5.69 Å². The SMILES string of the molecule is NC(N)=Nc1ccc2scnc2c1Br. The number of aromatic nitrogens is 1. The molecule has 0 aliphatic rings. The maximum atomic E-state index is 5.30. The number of rotatable bonds is 1. The molecule has 0 aliphatic carbocycles. The van der Waals surface area contributed by atoms with Gasteiger partial charge in [0.15, 0.2) is 5.96 Å². The monoisotopic (exact) mass is 270 g/mol. The van der Waals surface area contributed by atoms with E-state index in [-0.39, 0.29) is 5.96 Å². The maximum absolute atomic E-state index is 5.30. The fraction of sp³-hybridized carbons (Fsp3) is 0. The van der Waals surface area contributed by atoms with Crippen molar-refractivity contribution in [2.45, 2.75) is 0 Å². The summed E-state index contributed by atoms with van der Waals surface area (Å²) in [6, 6.07) is 3.80. The summed E-state index contributed by atoms with van der Waals surface area (Å²) in [7, 11) is 0. The average molecular weight is 271 g/mol. The Morgan fingerprint density at radius 2 is 2.21 bits per heavy atom. The Balaban J connectivity index is 2.68. The molecule has 2 rings (SSSR count). The van der Waals surface area contributed by atoms with Gasteiger partial charge in [0, 0.05) is 0 Å². The molecule has 0 unspecified atom stereocenters. The van der Waals surface area contributed by atoms with Crippen molar-refractivity contribution in [3.63, 3.8) is 0 Å². The van der Waals surface area contributed by atoms with E-state index in [2.05, 4.69) is 25.9 Å². The van der Waals surface area contributed by atoms with Gasteiger partial charge in [-0.05, 0) is 28.1 Å². The smallest absolute Gasteiger partial charge is 0.191 e. The minimum absolute atomic E-state index is 0.0419. The highest BCUT2D eigenvalue weighted by atomic mass is 79.9. The first kappa shape index (κ1) is 9.42. The second-order valence-electron chi connectivity index (χ2n) is 2.63. The van der Waals surface area contributed by atoms with Gasteiger partial charge in [-0.3, -0.25) is 0 Å². The Morgan fingerprint density at radius 3 is 2.93 bits per heavy atom. The van der Waals surface area contributed by atoms with Gasteiger partial charge in [-0.15, -0.1) is 11.3 Å². The maximum Gasteiger partial charge on any atom is 0.191 e. The van der Waals surface area contributed by atoms with E-state index < -0.39 is 0 Å². The number of hydrogen-bond acceptors (Lipinski definition) is 3. The minimum atomic E-state index is 0.0419. The molecule has 0 saturated heterocycles. The number of fused-ring (bicyclic) bond motifs is 1. The highest BCUT2D eigenvalue weighted by molar-refractivity contribution is 9.10. The Kier molecular flexibility index (Phi) is 2.39. The Morgan fingerprint density at radius 1 is 1.43 bits per heavy atom. The molecule has 0 spiro atoms. The molecule has 4 nitrogen and oxygen atoms in total. The molecule has 4 N–H and O–H groups in total. The van der Waals surface area contributed by atoms with E-state index in [1.54, 1.807) is 16.8 Å². The predicted octanol–water partition coefficient (Wildman–Crippen LogP) is 1.96. The zero-order valence-electron chi connectivity index (χ0n) is 7.07. The molecule has 1 aromatic carbocycles. The van der Waals surface area contributed by atoms with Crippen molar-refractivity contribution < 1.29 is 0 Å². The molecular formula is C8H7BrN4S. The second kappa shape index (κ2) is 3.55. The number of hydrogen-bond donors (Lipinski definition) is 2. The topological polar surface area (TPSA) is 77.3 Å². The van der Waals surface area contributed by atoms with E-state index in [1.165, 1.54) is 0 Å². The molecule has 6 heteroatoms. The van der Waals surface area contributed by atoms with Crippen LogP contribution in [0.5, 0.6) is 0 Å². The standard InChI is InChI=1S/C8H7BrN4S/c9-6-4(13-8(10)11)1-2-5-7(6)12-3-14-5/h1-3H,(H4,10,11,13). The van der Waals surface area contributed by atoms with Crippen LogP contribution in [-0.2, 0) is 0 Å². The number of halogens is 1. The Hall–Kier alpha value is -1.14. The summed E-state index contributed by atoms with van der Waals surface area (Å²) in [5.74, 6) is 0.0419. The summed E-state index contributed by atoms with van der Waals surface area (Å²) < 4.78 is 1.93. The molecular weight excluding hydrogens is 264 g/mol. The summed E-state index contributed by atoms with van der Waals surface area (Å²) in [4.78, 5) is 8.19. The molecule has 0 fully saturated rings. The number of nitrogens with zero attached hydrogens (tertiary/aromatic N) is 2. The van der Waals surface area contributed by atoms with Crippen molar-refractivity contribution >= 4 is 49.1 Å². The van der Waals surface area contributed by atoms with Crippen molar-refractivity contribution in [1.29, 1.82) is 0 Å². The molecule has 0 saturated carbocycles. The fourth-order valence-electron chi connectivity index (χ4n) is 1.11. The van der Waals surface area contributed by atoms with Gasteiger partial charge in [-0.2, -0.15) is 0 Å². The summed E-state index contributed by atoms with van der Waals surface area (Å²) in [6.45, 7) is 0. The lowest BCUT2D eigenvalue weighted by Crippen LogP contribution is -2.21. The first-order valence-electron chi connectivity index (χ1n) is 3.80. The number of guanidine groups is 1. The summed E-state index contributed by atoms with van der Waals surface area (Å²) in [5, 5.41) is 0. The van der Waals surface area contributed by atoms with Crippen molar-refractivity contribution in [3.05, 3.63) is 22.1 Å². The van der Waals surface area contributed by atoms with Crippen LogP contribution in [0.1, 0.15) is 0 Å². The van der Waals surface area contributed by atoms with Crippen LogP contribution < -0.4 is 11.5 Å². The molecule has 0 atom stereocenters. The van der Waals surface area contributed by atoms with Crippen molar-refractivity contribution in [2.75, 3.05) is 0 Å². The lowest BCUT2D eigenvalue weighted by atomic mass is 10.3. The third-order valence-corrected chi connectivity index (χ3v) is 3.25. The zero-order chi connectivity index (χ0) is 10.1. The zero-order valence-corrected chi connectivity index (χ0v) is 9.47. The van der Waals surface area contributed by atoms with Gasteiger partial charge >= 0.3 is 0 Å². The van der Waals surface area contributed by atoms with E-state index in [9.17, 15) is 0 Å². The molecule has 72 valence electrons. The largest absolute Gasteiger partial charge is 0.370 e. The third-order valence-electron chi connectivity index (χ3n) is 1.67. The normalized spacial score (nSPS) is 10.4. The molecule has 0 bridgehead atoms. The molecule has 0 amide bonds. The Bertz CT molecular complexity index is 501. The molecule has 1 heterocycles. The highest BCUT2D eigenvalue weighted by Gasteiger charge is 2.06. The van der Waals surface area contributed by atoms with Gasteiger partial charge in [-0.25, -0.2) is 9.98 Å². The van der Waals surface area contributed by atoms with Crippen molar-refractivity contribution in [3.8, 4) is 0 Å². The molecule has 14 heavy (non-hydrogen) atoms. The van der Waals surface area contributed by atoms with E-state index in [0.717, 1.165) is 14.7 Å². The van der Waals surface area contributed by atoms with Crippen LogP contribution in [0.3, 0.4) is 0 Å². The van der Waals surface area contributed by atoms with E-state index in [0.29, 0.717) is 5.69 Å². The predicted molar refractivity (Wildman–Crippen MR) is 62.8 cm³/mol. The van der Waals surface area contributed by atoms with Crippen LogP contribution >= 0.6 is 27.3 Å². The number of aliphatic imine (C=N–C) groups is 1. The number of benzene rings is 1. The van der Waals surface area contributed by atoms with Crippen LogP contribution in [0.25, 0.3) is 10.2 Å². The molecule has 2 aromatic rings. The lowest BCUT2D eigenvalue weighted by molar-refractivity contribution is 1.40. The second-order valence-corrected chi connectivity index (χ2v) is 4.31. The van der Waals surface area contributed by atoms with Crippen molar-refractivity contribution in [1.82, 2.24) is 4.98 Å². The first-order valence-corrected chi connectivity index (χ1v) is 5.47. The third kappa shape index (κ3) is 1.58. The lowest BCUT2D eigenvalue weighted by Gasteiger charge is -1.99. The van der Waals surface area contributed by atoms with Crippen LogP contribution in [-0.4, -0.2) is 10.9 Å². The van der Waals surface area contributed by atoms with Crippen molar-refractivity contribution in [2.24, 2.45) is 16.5 Å². The average Bonchev–Trinajstić information content (AvgIpc) is 2.57. The summed E-state index contributed by atoms with van der Waals surface area (Å²) in [6.07, 6.45) is 0. The molecule has 1 aromatic heterocycles. The Labute approximate surface area is 92.8 Å². The van der Waals surface area contributed by atoms with E-state index in [1.807, 2.05) is 12.1 Å². The molecule has 0 radical (unpaired) electrons. The van der Waals surface area contributed by atoms with Gasteiger partial charge < -0.3 is 11.5 Å².